The average molecular weight is 451 g/mol. The summed E-state index contributed by atoms with van der Waals surface area (Å²) in [4.78, 5) is 45.1. The molecule has 7 heteroatoms. The third-order valence-corrected chi connectivity index (χ3v) is 10.8. The molecule has 2 aromatic rings. The molecular formula is C24H22N2O3S2. The summed E-state index contributed by atoms with van der Waals surface area (Å²) in [5, 5.41) is 0. The molecule has 31 heavy (non-hydrogen) atoms. The highest BCUT2D eigenvalue weighted by molar-refractivity contribution is 8.19. The molecule has 4 fully saturated rings. The minimum Gasteiger partial charge on any atom is -0.312 e. The number of hydrogen-bond acceptors (Lipinski definition) is 5. The molecule has 4 aliphatic rings. The van der Waals surface area contributed by atoms with Gasteiger partial charge in [0.25, 0.3) is 0 Å². The van der Waals surface area contributed by atoms with E-state index in [1.165, 1.54) is 4.90 Å². The van der Waals surface area contributed by atoms with Crippen LogP contribution in [0.5, 0.6) is 0 Å². The molecule has 2 aromatic carbocycles. The molecule has 4 aliphatic heterocycles. The van der Waals surface area contributed by atoms with Crippen molar-refractivity contribution in [2.45, 2.75) is 28.8 Å². The third kappa shape index (κ3) is 2.19. The smallest absolute Gasteiger partial charge is 0.246 e. The first-order valence-corrected chi connectivity index (χ1v) is 12.4. The van der Waals surface area contributed by atoms with Gasteiger partial charge in [-0.3, -0.25) is 14.4 Å². The molecule has 3 amide bonds. The summed E-state index contributed by atoms with van der Waals surface area (Å²) >= 11 is 3.23. The van der Waals surface area contributed by atoms with E-state index in [0.29, 0.717) is 5.69 Å². The van der Waals surface area contributed by atoms with Crippen LogP contribution >= 0.6 is 23.5 Å². The van der Waals surface area contributed by atoms with Gasteiger partial charge in [-0.1, -0.05) is 74.1 Å². The maximum absolute atomic E-state index is 14.1. The Morgan fingerprint density at radius 3 is 2.16 bits per heavy atom. The Balaban J connectivity index is 1.57. The monoisotopic (exact) mass is 450 g/mol. The average Bonchev–Trinajstić information content (AvgIpc) is 3.46. The van der Waals surface area contributed by atoms with Gasteiger partial charge in [-0.05, 0) is 23.6 Å². The lowest BCUT2D eigenvalue weighted by Crippen LogP contribution is -2.59. The number of anilines is 1. The first kappa shape index (κ1) is 19.4. The fourth-order valence-electron chi connectivity index (χ4n) is 5.72. The summed E-state index contributed by atoms with van der Waals surface area (Å²) in [7, 11) is 0. The van der Waals surface area contributed by atoms with Gasteiger partial charge in [-0.2, -0.15) is 0 Å². The number of piperidine rings is 1. The number of fused-ring (bicyclic) bond motifs is 3. The van der Waals surface area contributed by atoms with Crippen LogP contribution in [0.4, 0.5) is 5.69 Å². The molecule has 4 saturated heterocycles. The molecule has 0 unspecified atom stereocenters. The fourth-order valence-corrected chi connectivity index (χ4v) is 10.2. The Morgan fingerprint density at radius 2 is 1.52 bits per heavy atom. The van der Waals surface area contributed by atoms with E-state index in [1.807, 2.05) is 53.4 Å². The maximum atomic E-state index is 14.1. The number of nitrogens with zero attached hydrogens (tertiary/aromatic N) is 2. The van der Waals surface area contributed by atoms with Gasteiger partial charge in [-0.15, -0.1) is 11.8 Å². The number of hydrogen-bond donors (Lipinski definition) is 0. The molecule has 5 atom stereocenters. The topological polar surface area (TPSA) is 57.7 Å². The molecule has 158 valence electrons. The summed E-state index contributed by atoms with van der Waals surface area (Å²) < 4.78 is -1.77. The van der Waals surface area contributed by atoms with Gasteiger partial charge in [-0.25, -0.2) is 4.90 Å². The van der Waals surface area contributed by atoms with E-state index < -0.39 is 20.8 Å². The lowest BCUT2D eigenvalue weighted by atomic mass is 9.74. The molecule has 0 radical (unpaired) electrons. The van der Waals surface area contributed by atoms with Crippen molar-refractivity contribution >= 4 is 46.9 Å². The Morgan fingerprint density at radius 1 is 0.903 bits per heavy atom. The number of para-hydroxylation sites is 1. The maximum Gasteiger partial charge on any atom is 0.246 e. The van der Waals surface area contributed by atoms with Gasteiger partial charge in [0.1, 0.15) is 8.95 Å². The Kier molecular flexibility index (Phi) is 4.01. The van der Waals surface area contributed by atoms with E-state index in [9.17, 15) is 14.4 Å². The lowest BCUT2D eigenvalue weighted by Gasteiger charge is -2.41. The van der Waals surface area contributed by atoms with E-state index in [4.69, 9.17) is 0 Å². The van der Waals surface area contributed by atoms with Crippen LogP contribution in [0, 0.1) is 17.8 Å². The van der Waals surface area contributed by atoms with Crippen molar-refractivity contribution in [3.8, 4) is 0 Å². The van der Waals surface area contributed by atoms with Crippen molar-refractivity contribution in [3.05, 3.63) is 66.2 Å². The first-order chi connectivity index (χ1) is 14.9. The van der Waals surface area contributed by atoms with Crippen LogP contribution in [0.2, 0.25) is 0 Å². The highest BCUT2D eigenvalue weighted by atomic mass is 32.2. The SMILES string of the molecule is CC(C)[C@H]1CS[C@]23S[C@](c4ccccc4)(C(=O)N12)[C@H]1C(=O)N(c2ccccc2)C(=O)[C@H]13. The normalized spacial score (nSPS) is 36.0. The second-order valence-electron chi connectivity index (χ2n) is 8.93. The quantitative estimate of drug-likeness (QED) is 0.668. The zero-order valence-electron chi connectivity index (χ0n) is 17.2. The van der Waals surface area contributed by atoms with Crippen LogP contribution in [-0.4, -0.2) is 38.6 Å². The summed E-state index contributed by atoms with van der Waals surface area (Å²) in [6.45, 7) is 4.25. The van der Waals surface area contributed by atoms with Crippen LogP contribution < -0.4 is 4.90 Å². The van der Waals surface area contributed by atoms with Crippen molar-refractivity contribution in [2.75, 3.05) is 10.7 Å². The number of imide groups is 1. The van der Waals surface area contributed by atoms with Crippen molar-refractivity contribution in [3.63, 3.8) is 0 Å². The van der Waals surface area contributed by atoms with E-state index in [2.05, 4.69) is 13.8 Å². The van der Waals surface area contributed by atoms with Gasteiger partial charge in [0.15, 0.2) is 0 Å². The summed E-state index contributed by atoms with van der Waals surface area (Å²) in [5.41, 5.74) is 1.41. The number of amides is 3. The van der Waals surface area contributed by atoms with Crippen LogP contribution in [0.1, 0.15) is 19.4 Å². The molecule has 1 spiro atoms. The molecule has 5 nitrogen and oxygen atoms in total. The largest absolute Gasteiger partial charge is 0.312 e. The highest BCUT2D eigenvalue weighted by Gasteiger charge is 2.84. The number of thioether (sulfide) groups is 2. The summed E-state index contributed by atoms with van der Waals surface area (Å²) in [6.07, 6.45) is 0. The van der Waals surface area contributed by atoms with Crippen molar-refractivity contribution in [1.82, 2.24) is 4.90 Å². The number of carbonyl (C=O) groups excluding carboxylic acids is 3. The van der Waals surface area contributed by atoms with Crippen molar-refractivity contribution < 1.29 is 14.4 Å². The van der Waals surface area contributed by atoms with Gasteiger partial charge in [0.05, 0.1) is 17.5 Å². The van der Waals surface area contributed by atoms with E-state index in [-0.39, 0.29) is 29.7 Å². The van der Waals surface area contributed by atoms with E-state index >= 15 is 0 Å². The molecule has 2 bridgehead atoms. The standard InChI is InChI=1S/C24H22N2O3S2/c1-14(2)17-13-30-24-19-18(20(27)25(21(19)28)16-11-7-4-8-12-16)23(31-24,22(29)26(17)24)15-9-5-3-6-10-15/h3-12,14,17-19H,13H2,1-2H3/t17-,18-,19+,23+,24-/m1/s1. The summed E-state index contributed by atoms with van der Waals surface area (Å²) in [6, 6.07) is 18.8. The van der Waals surface area contributed by atoms with Gasteiger partial charge < -0.3 is 4.90 Å². The highest BCUT2D eigenvalue weighted by Crippen LogP contribution is 2.77. The molecule has 4 heterocycles. The zero-order valence-corrected chi connectivity index (χ0v) is 18.9. The van der Waals surface area contributed by atoms with Gasteiger partial charge in [0.2, 0.25) is 17.7 Å². The molecule has 6 rings (SSSR count). The minimum absolute atomic E-state index is 0.00953. The van der Waals surface area contributed by atoms with E-state index in [0.717, 1.165) is 11.3 Å². The predicted octanol–water partition coefficient (Wildman–Crippen LogP) is 3.70. The zero-order chi connectivity index (χ0) is 21.5. The Bertz CT molecular complexity index is 1110. The predicted molar refractivity (Wildman–Crippen MR) is 122 cm³/mol. The number of benzene rings is 2. The van der Waals surface area contributed by atoms with Gasteiger partial charge in [0, 0.05) is 11.8 Å². The van der Waals surface area contributed by atoms with Crippen LogP contribution in [0.3, 0.4) is 0 Å². The van der Waals surface area contributed by atoms with Crippen molar-refractivity contribution in [2.24, 2.45) is 17.8 Å². The van der Waals surface area contributed by atoms with Crippen LogP contribution in [0.25, 0.3) is 0 Å². The lowest BCUT2D eigenvalue weighted by molar-refractivity contribution is -0.147. The first-order valence-electron chi connectivity index (χ1n) is 10.6. The van der Waals surface area contributed by atoms with Crippen molar-refractivity contribution in [1.29, 1.82) is 0 Å². The molecule has 0 N–H and O–H groups in total. The molecular weight excluding hydrogens is 428 g/mol. The fraction of sp³-hybridized carbons (Fsp3) is 0.375. The number of rotatable bonds is 3. The molecule has 0 aliphatic carbocycles. The van der Waals surface area contributed by atoms with Crippen LogP contribution in [0.15, 0.2) is 60.7 Å². The third-order valence-electron chi connectivity index (χ3n) is 7.10. The van der Waals surface area contributed by atoms with Crippen LogP contribution in [-0.2, 0) is 19.1 Å². The second kappa shape index (κ2) is 6.39. The Hall–Kier alpha value is -2.25. The minimum atomic E-state index is -1.05. The Labute approximate surface area is 189 Å². The molecule has 0 saturated carbocycles. The second-order valence-corrected chi connectivity index (χ2v) is 11.9. The van der Waals surface area contributed by atoms with Gasteiger partial charge >= 0.3 is 0 Å². The molecule has 0 aromatic heterocycles. The number of carbonyl (C=O) groups is 3. The summed E-state index contributed by atoms with van der Waals surface area (Å²) in [5.74, 6) is -0.607. The van der Waals surface area contributed by atoms with E-state index in [1.54, 1.807) is 35.7 Å².